The third-order valence-corrected chi connectivity index (χ3v) is 3.04. The first-order valence-corrected chi connectivity index (χ1v) is 6.37. The molecule has 3 N–H and O–H groups in total. The Morgan fingerprint density at radius 1 is 1.56 bits per heavy atom. The van der Waals surface area contributed by atoms with E-state index in [-0.39, 0.29) is 11.9 Å². The van der Waals surface area contributed by atoms with E-state index in [9.17, 15) is 4.79 Å². The number of hydrogen-bond donors (Lipinski definition) is 2. The molecule has 0 aromatic heterocycles. The maximum absolute atomic E-state index is 11.7. The van der Waals surface area contributed by atoms with E-state index in [0.717, 1.165) is 25.9 Å². The molecule has 94 valence electrons. The Balaban J connectivity index is 2.31. The van der Waals surface area contributed by atoms with Crippen LogP contribution in [0.2, 0.25) is 0 Å². The van der Waals surface area contributed by atoms with Gasteiger partial charge in [-0.05, 0) is 52.6 Å². The van der Waals surface area contributed by atoms with Gasteiger partial charge >= 0.3 is 0 Å². The fourth-order valence-electron chi connectivity index (χ4n) is 2.34. The Labute approximate surface area is 98.6 Å². The molecule has 1 amide bonds. The lowest BCUT2D eigenvalue weighted by Crippen LogP contribution is -2.42. The Morgan fingerprint density at radius 2 is 2.31 bits per heavy atom. The third-order valence-electron chi connectivity index (χ3n) is 3.04. The summed E-state index contributed by atoms with van der Waals surface area (Å²) >= 11 is 0. The number of amides is 1. The number of nitrogens with zero attached hydrogens (tertiary/aromatic N) is 1. The topological polar surface area (TPSA) is 58.4 Å². The lowest BCUT2D eigenvalue weighted by molar-refractivity contribution is -0.123. The highest BCUT2D eigenvalue weighted by molar-refractivity contribution is 5.78. The van der Waals surface area contributed by atoms with E-state index < -0.39 is 0 Å². The van der Waals surface area contributed by atoms with Gasteiger partial charge in [-0.1, -0.05) is 0 Å². The van der Waals surface area contributed by atoms with Gasteiger partial charge in [-0.3, -0.25) is 9.69 Å². The lowest BCUT2D eigenvalue weighted by Gasteiger charge is -2.24. The van der Waals surface area contributed by atoms with Crippen LogP contribution in [0, 0.1) is 0 Å². The van der Waals surface area contributed by atoms with Gasteiger partial charge < -0.3 is 11.1 Å². The number of carbonyl (C=O) groups is 1. The van der Waals surface area contributed by atoms with Crippen LogP contribution in [0.25, 0.3) is 0 Å². The molecular formula is C12H25N3O. The molecule has 1 fully saturated rings. The van der Waals surface area contributed by atoms with E-state index in [0.29, 0.717) is 12.6 Å². The third kappa shape index (κ3) is 4.49. The number of nitrogens with one attached hydrogen (secondary N) is 1. The zero-order valence-corrected chi connectivity index (χ0v) is 10.5. The fraction of sp³-hybridized carbons (Fsp3) is 0.917. The van der Waals surface area contributed by atoms with Crippen molar-refractivity contribution in [2.45, 2.75) is 51.6 Å². The smallest absolute Gasteiger partial charge is 0.234 e. The van der Waals surface area contributed by atoms with Crippen molar-refractivity contribution in [3.05, 3.63) is 0 Å². The van der Waals surface area contributed by atoms with Crippen molar-refractivity contribution < 1.29 is 4.79 Å². The molecule has 0 aliphatic carbocycles. The summed E-state index contributed by atoms with van der Waals surface area (Å²) < 4.78 is 0. The fourth-order valence-corrected chi connectivity index (χ4v) is 2.34. The molecule has 1 heterocycles. The van der Waals surface area contributed by atoms with Gasteiger partial charge in [-0.25, -0.2) is 0 Å². The number of carbonyl (C=O) groups excluding carboxylic acids is 1. The number of likely N-dealkylation sites (tertiary alicyclic amines) is 1. The SMILES string of the molecule is CC(C)NC(=O)CN1CCCC1CCCN. The molecule has 1 saturated heterocycles. The standard InChI is InChI=1S/C12H25N3O/c1-10(2)14-12(16)9-15-8-4-6-11(15)5-3-7-13/h10-11H,3-9,13H2,1-2H3,(H,14,16). The van der Waals surface area contributed by atoms with Gasteiger partial charge in [0.2, 0.25) is 5.91 Å². The Hall–Kier alpha value is -0.610. The zero-order chi connectivity index (χ0) is 12.0. The quantitative estimate of drug-likeness (QED) is 0.703. The van der Waals surface area contributed by atoms with Crippen molar-refractivity contribution in [2.75, 3.05) is 19.6 Å². The second-order valence-electron chi connectivity index (χ2n) is 4.92. The van der Waals surface area contributed by atoms with Gasteiger partial charge in [0.05, 0.1) is 6.54 Å². The minimum Gasteiger partial charge on any atom is -0.353 e. The molecule has 16 heavy (non-hydrogen) atoms. The summed E-state index contributed by atoms with van der Waals surface area (Å²) in [6, 6.07) is 0.805. The number of nitrogens with two attached hydrogens (primary N) is 1. The highest BCUT2D eigenvalue weighted by atomic mass is 16.2. The summed E-state index contributed by atoms with van der Waals surface area (Å²) in [5, 5.41) is 2.94. The van der Waals surface area contributed by atoms with Crippen LogP contribution in [0.3, 0.4) is 0 Å². The van der Waals surface area contributed by atoms with Crippen LogP contribution in [0.4, 0.5) is 0 Å². The van der Waals surface area contributed by atoms with E-state index in [4.69, 9.17) is 5.73 Å². The van der Waals surface area contributed by atoms with Crippen LogP contribution in [0.1, 0.15) is 39.5 Å². The van der Waals surface area contributed by atoms with Crippen molar-refractivity contribution in [2.24, 2.45) is 5.73 Å². The van der Waals surface area contributed by atoms with Crippen LogP contribution in [-0.2, 0) is 4.79 Å². The second-order valence-corrected chi connectivity index (χ2v) is 4.92. The van der Waals surface area contributed by atoms with Crippen molar-refractivity contribution in [1.29, 1.82) is 0 Å². The van der Waals surface area contributed by atoms with Crippen LogP contribution < -0.4 is 11.1 Å². The lowest BCUT2D eigenvalue weighted by atomic mass is 10.1. The Kier molecular flexibility index (Phi) is 5.77. The van der Waals surface area contributed by atoms with Crippen LogP contribution in [0.5, 0.6) is 0 Å². The molecule has 1 atom stereocenters. The summed E-state index contributed by atoms with van der Waals surface area (Å²) in [5.74, 6) is 0.148. The van der Waals surface area contributed by atoms with Crippen molar-refractivity contribution in [3.8, 4) is 0 Å². The van der Waals surface area contributed by atoms with E-state index >= 15 is 0 Å². The molecular weight excluding hydrogens is 202 g/mol. The summed E-state index contributed by atoms with van der Waals surface area (Å²) in [6.07, 6.45) is 4.62. The molecule has 0 radical (unpaired) electrons. The van der Waals surface area contributed by atoms with Crippen LogP contribution in [-0.4, -0.2) is 42.5 Å². The zero-order valence-electron chi connectivity index (χ0n) is 10.5. The van der Waals surface area contributed by atoms with Gasteiger partial charge in [-0.15, -0.1) is 0 Å². The molecule has 0 aromatic carbocycles. The molecule has 4 nitrogen and oxygen atoms in total. The highest BCUT2D eigenvalue weighted by Gasteiger charge is 2.25. The van der Waals surface area contributed by atoms with Crippen LogP contribution >= 0.6 is 0 Å². The maximum atomic E-state index is 11.7. The highest BCUT2D eigenvalue weighted by Crippen LogP contribution is 2.20. The minimum atomic E-state index is 0.148. The molecule has 1 unspecified atom stereocenters. The molecule has 0 saturated carbocycles. The summed E-state index contributed by atoms with van der Waals surface area (Å²) in [4.78, 5) is 14.0. The van der Waals surface area contributed by atoms with Crippen molar-refractivity contribution in [1.82, 2.24) is 10.2 Å². The summed E-state index contributed by atoms with van der Waals surface area (Å²) in [6.45, 7) is 6.35. The van der Waals surface area contributed by atoms with E-state index in [2.05, 4.69) is 10.2 Å². The minimum absolute atomic E-state index is 0.148. The maximum Gasteiger partial charge on any atom is 0.234 e. The number of hydrogen-bond acceptors (Lipinski definition) is 3. The van der Waals surface area contributed by atoms with Gasteiger partial charge in [0.1, 0.15) is 0 Å². The summed E-state index contributed by atoms with van der Waals surface area (Å²) in [5.41, 5.74) is 5.52. The van der Waals surface area contributed by atoms with Gasteiger partial charge in [0.25, 0.3) is 0 Å². The first-order valence-electron chi connectivity index (χ1n) is 6.37. The molecule has 1 rings (SSSR count). The average molecular weight is 227 g/mol. The normalized spacial score (nSPS) is 21.6. The van der Waals surface area contributed by atoms with Crippen molar-refractivity contribution in [3.63, 3.8) is 0 Å². The predicted molar refractivity (Wildman–Crippen MR) is 66.2 cm³/mol. The van der Waals surface area contributed by atoms with Crippen LogP contribution in [0.15, 0.2) is 0 Å². The largest absolute Gasteiger partial charge is 0.353 e. The molecule has 0 aromatic rings. The second kappa shape index (κ2) is 6.86. The van der Waals surface area contributed by atoms with E-state index in [1.165, 1.54) is 12.8 Å². The van der Waals surface area contributed by atoms with Crippen molar-refractivity contribution >= 4 is 5.91 Å². The first-order chi connectivity index (χ1) is 7.63. The molecule has 0 bridgehead atoms. The molecule has 1 aliphatic heterocycles. The monoisotopic (exact) mass is 227 g/mol. The van der Waals surface area contributed by atoms with E-state index in [1.807, 2.05) is 13.8 Å². The Bertz CT molecular complexity index is 218. The summed E-state index contributed by atoms with van der Waals surface area (Å²) in [7, 11) is 0. The average Bonchev–Trinajstić information content (AvgIpc) is 2.61. The Morgan fingerprint density at radius 3 is 2.94 bits per heavy atom. The molecule has 1 aliphatic rings. The van der Waals surface area contributed by atoms with E-state index in [1.54, 1.807) is 0 Å². The van der Waals surface area contributed by atoms with Gasteiger partial charge in [0.15, 0.2) is 0 Å². The first kappa shape index (κ1) is 13.5. The predicted octanol–water partition coefficient (Wildman–Crippen LogP) is 0.714. The van der Waals surface area contributed by atoms with Gasteiger partial charge in [0, 0.05) is 12.1 Å². The number of rotatable bonds is 6. The molecule has 0 spiro atoms. The molecule has 4 heteroatoms. The van der Waals surface area contributed by atoms with Gasteiger partial charge in [-0.2, -0.15) is 0 Å².